The Labute approximate surface area is 160 Å². The van der Waals surface area contributed by atoms with Crippen LogP contribution in [0.4, 0.5) is 0 Å². The average Bonchev–Trinajstić information content (AvgIpc) is 3.16. The van der Waals surface area contributed by atoms with Crippen LogP contribution in [0.5, 0.6) is 0 Å². The summed E-state index contributed by atoms with van der Waals surface area (Å²) in [6.45, 7) is 0. The molecule has 0 atom stereocenters. The first kappa shape index (κ1) is 18.4. The van der Waals surface area contributed by atoms with Gasteiger partial charge in [-0.3, -0.25) is 4.79 Å². The number of furan rings is 1. The maximum absolute atomic E-state index is 12.0. The molecule has 1 N–H and O–H groups in total. The molecule has 3 aromatic rings. The summed E-state index contributed by atoms with van der Waals surface area (Å²) in [6, 6.07) is 17.0. The smallest absolute Gasteiger partial charge is 0.337 e. The van der Waals surface area contributed by atoms with Gasteiger partial charge in [0.1, 0.15) is 11.5 Å². The van der Waals surface area contributed by atoms with Crippen molar-refractivity contribution in [2.24, 2.45) is 5.10 Å². The van der Waals surface area contributed by atoms with Crippen molar-refractivity contribution in [1.82, 2.24) is 5.43 Å². The first-order valence-electron chi connectivity index (χ1n) is 7.95. The lowest BCUT2D eigenvalue weighted by molar-refractivity contribution is 0.0600. The maximum atomic E-state index is 12.0. The molecular weight excluding hydrogens is 368 g/mol. The van der Waals surface area contributed by atoms with Crippen LogP contribution in [-0.2, 0) is 4.74 Å². The van der Waals surface area contributed by atoms with Crippen molar-refractivity contribution in [2.45, 2.75) is 0 Å². The number of carbonyl (C=O) groups excluding carboxylic acids is 2. The van der Waals surface area contributed by atoms with Gasteiger partial charge in [-0.15, -0.1) is 0 Å². The van der Waals surface area contributed by atoms with E-state index in [0.717, 1.165) is 5.56 Å². The second-order valence-corrected chi connectivity index (χ2v) is 5.86. The van der Waals surface area contributed by atoms with Gasteiger partial charge in [-0.25, -0.2) is 10.2 Å². The van der Waals surface area contributed by atoms with Crippen molar-refractivity contribution < 1.29 is 18.7 Å². The number of nitrogens with zero attached hydrogens (tertiary/aromatic N) is 1. The summed E-state index contributed by atoms with van der Waals surface area (Å²) in [7, 11) is 1.33. The molecule has 0 unspecified atom stereocenters. The highest BCUT2D eigenvalue weighted by Crippen LogP contribution is 2.23. The first-order chi connectivity index (χ1) is 13.1. The van der Waals surface area contributed by atoms with Gasteiger partial charge in [-0.05, 0) is 36.4 Å². The monoisotopic (exact) mass is 382 g/mol. The Bertz CT molecular complexity index is 1010. The van der Waals surface area contributed by atoms with Crippen LogP contribution in [0.3, 0.4) is 0 Å². The SMILES string of the molecule is COC(=O)c1cccc(-c2ccc(/C=N\NC(=O)c3ccccc3Cl)o2)c1. The lowest BCUT2D eigenvalue weighted by atomic mass is 10.1. The molecule has 0 spiro atoms. The number of rotatable bonds is 5. The van der Waals surface area contributed by atoms with Crippen LogP contribution in [0.25, 0.3) is 11.3 Å². The lowest BCUT2D eigenvalue weighted by Gasteiger charge is -2.02. The number of halogens is 1. The number of nitrogens with one attached hydrogen (secondary N) is 1. The number of methoxy groups -OCH3 is 1. The summed E-state index contributed by atoms with van der Waals surface area (Å²) < 4.78 is 10.4. The zero-order valence-electron chi connectivity index (χ0n) is 14.3. The number of hydrogen-bond donors (Lipinski definition) is 1. The van der Waals surface area contributed by atoms with Crippen molar-refractivity contribution in [3.05, 3.63) is 82.6 Å². The Hall–Kier alpha value is -3.38. The molecule has 1 amide bonds. The highest BCUT2D eigenvalue weighted by atomic mass is 35.5. The standard InChI is InChI=1S/C20H15ClN2O4/c1-26-20(25)14-6-4-5-13(11-14)18-10-9-15(27-18)12-22-23-19(24)16-7-2-3-8-17(16)21/h2-12H,1H3,(H,23,24)/b22-12-. The summed E-state index contributed by atoms with van der Waals surface area (Å²) in [5.74, 6) is 0.148. The molecule has 0 fully saturated rings. The summed E-state index contributed by atoms with van der Waals surface area (Å²) in [4.78, 5) is 23.7. The van der Waals surface area contributed by atoms with Crippen molar-refractivity contribution in [3.8, 4) is 11.3 Å². The molecular formula is C20H15ClN2O4. The molecule has 0 radical (unpaired) electrons. The first-order valence-corrected chi connectivity index (χ1v) is 8.33. The average molecular weight is 383 g/mol. The third-order valence-corrected chi connectivity index (χ3v) is 4.00. The molecule has 0 saturated carbocycles. The number of amides is 1. The van der Waals surface area contributed by atoms with Crippen LogP contribution in [0.15, 0.2) is 70.2 Å². The fraction of sp³-hybridized carbons (Fsp3) is 0.0500. The van der Waals surface area contributed by atoms with E-state index in [1.165, 1.54) is 13.3 Å². The predicted molar refractivity (Wildman–Crippen MR) is 102 cm³/mol. The number of hydrazone groups is 1. The zero-order chi connectivity index (χ0) is 19.2. The third kappa shape index (κ3) is 4.43. The number of esters is 1. The fourth-order valence-electron chi connectivity index (χ4n) is 2.35. The molecule has 1 aromatic heterocycles. The van der Waals surface area contributed by atoms with Crippen LogP contribution < -0.4 is 5.43 Å². The van der Waals surface area contributed by atoms with Crippen LogP contribution in [0.2, 0.25) is 5.02 Å². The number of benzene rings is 2. The quantitative estimate of drug-likeness (QED) is 0.408. The minimum absolute atomic E-state index is 0.330. The Morgan fingerprint density at radius 3 is 2.70 bits per heavy atom. The summed E-state index contributed by atoms with van der Waals surface area (Å²) >= 11 is 5.97. The van der Waals surface area contributed by atoms with E-state index in [1.54, 1.807) is 54.6 Å². The Morgan fingerprint density at radius 1 is 1.11 bits per heavy atom. The van der Waals surface area contributed by atoms with Crippen LogP contribution >= 0.6 is 11.6 Å². The topological polar surface area (TPSA) is 80.9 Å². The van der Waals surface area contributed by atoms with Crippen LogP contribution in [0, 0.1) is 0 Å². The maximum Gasteiger partial charge on any atom is 0.337 e. The Morgan fingerprint density at radius 2 is 1.93 bits per heavy atom. The lowest BCUT2D eigenvalue weighted by Crippen LogP contribution is -2.17. The van der Waals surface area contributed by atoms with E-state index in [0.29, 0.717) is 27.7 Å². The summed E-state index contributed by atoms with van der Waals surface area (Å²) in [6.07, 6.45) is 1.38. The van der Waals surface area contributed by atoms with E-state index in [1.807, 2.05) is 6.07 Å². The molecule has 136 valence electrons. The number of carbonyl (C=O) groups is 2. The van der Waals surface area contributed by atoms with E-state index >= 15 is 0 Å². The van der Waals surface area contributed by atoms with E-state index in [-0.39, 0.29) is 0 Å². The summed E-state index contributed by atoms with van der Waals surface area (Å²) in [5, 5.41) is 4.22. The molecule has 0 saturated heterocycles. The third-order valence-electron chi connectivity index (χ3n) is 3.67. The van der Waals surface area contributed by atoms with Crippen molar-refractivity contribution in [3.63, 3.8) is 0 Å². The zero-order valence-corrected chi connectivity index (χ0v) is 15.1. The Kier molecular flexibility index (Phi) is 5.68. The van der Waals surface area contributed by atoms with Crippen molar-refractivity contribution >= 4 is 29.7 Å². The molecule has 2 aromatic carbocycles. The van der Waals surface area contributed by atoms with E-state index in [2.05, 4.69) is 10.5 Å². The van der Waals surface area contributed by atoms with Gasteiger partial charge in [-0.1, -0.05) is 35.9 Å². The number of hydrogen-bond acceptors (Lipinski definition) is 5. The van der Waals surface area contributed by atoms with E-state index in [4.69, 9.17) is 20.8 Å². The van der Waals surface area contributed by atoms with Gasteiger partial charge >= 0.3 is 5.97 Å². The van der Waals surface area contributed by atoms with Crippen molar-refractivity contribution in [1.29, 1.82) is 0 Å². The molecule has 3 rings (SSSR count). The molecule has 0 bridgehead atoms. The molecule has 0 aliphatic carbocycles. The largest absolute Gasteiger partial charge is 0.465 e. The fourth-order valence-corrected chi connectivity index (χ4v) is 2.58. The van der Waals surface area contributed by atoms with Crippen LogP contribution in [-0.4, -0.2) is 25.2 Å². The molecule has 7 heteroatoms. The molecule has 0 aliphatic rings. The minimum Gasteiger partial charge on any atom is -0.465 e. The normalized spacial score (nSPS) is 10.7. The van der Waals surface area contributed by atoms with Gasteiger partial charge < -0.3 is 9.15 Å². The van der Waals surface area contributed by atoms with Crippen molar-refractivity contribution in [2.75, 3.05) is 7.11 Å². The van der Waals surface area contributed by atoms with E-state index in [9.17, 15) is 9.59 Å². The van der Waals surface area contributed by atoms with Gasteiger partial charge in [0.2, 0.25) is 0 Å². The van der Waals surface area contributed by atoms with Gasteiger partial charge in [0.15, 0.2) is 0 Å². The van der Waals surface area contributed by atoms with Gasteiger partial charge in [0, 0.05) is 5.56 Å². The summed E-state index contributed by atoms with van der Waals surface area (Å²) in [5.41, 5.74) is 3.87. The van der Waals surface area contributed by atoms with Gasteiger partial charge in [-0.2, -0.15) is 5.10 Å². The second kappa shape index (κ2) is 8.33. The van der Waals surface area contributed by atoms with Crippen LogP contribution in [0.1, 0.15) is 26.5 Å². The molecule has 1 heterocycles. The Balaban J connectivity index is 1.69. The van der Waals surface area contributed by atoms with Gasteiger partial charge in [0.05, 0.1) is 29.5 Å². The van der Waals surface area contributed by atoms with Gasteiger partial charge in [0.25, 0.3) is 5.91 Å². The van der Waals surface area contributed by atoms with E-state index < -0.39 is 11.9 Å². The molecule has 27 heavy (non-hydrogen) atoms. The second-order valence-electron chi connectivity index (χ2n) is 5.45. The molecule has 6 nitrogen and oxygen atoms in total. The molecule has 0 aliphatic heterocycles. The minimum atomic E-state index is -0.424. The highest BCUT2D eigenvalue weighted by Gasteiger charge is 2.10. The highest BCUT2D eigenvalue weighted by molar-refractivity contribution is 6.33. The number of ether oxygens (including phenoxy) is 1. The predicted octanol–water partition coefficient (Wildman–Crippen LogP) is 4.15.